The van der Waals surface area contributed by atoms with Gasteiger partial charge in [-0.25, -0.2) is 19.2 Å². The number of alkyl halides is 1. The van der Waals surface area contributed by atoms with Crippen LogP contribution in [0.1, 0.15) is 25.3 Å². The molecule has 2 atom stereocenters. The van der Waals surface area contributed by atoms with Gasteiger partial charge in [0.2, 0.25) is 0 Å². The van der Waals surface area contributed by atoms with Crippen molar-refractivity contribution in [2.45, 2.75) is 45.4 Å². The molecule has 1 aliphatic heterocycles. The number of carbonyl (C=O) groups is 1. The molecule has 10 heteroatoms. The molecule has 4 rings (SSSR count). The zero-order chi connectivity index (χ0) is 21.3. The first-order chi connectivity index (χ1) is 14.4. The second kappa shape index (κ2) is 8.57. The summed E-state index contributed by atoms with van der Waals surface area (Å²) in [6.45, 7) is 6.42. The quantitative estimate of drug-likeness (QED) is 0.660. The zero-order valence-electron chi connectivity index (χ0n) is 17.1. The standard InChI is InChI=1S/C20H24FN7OS/c1-11(2)23-15-6-7-28(10-14(15)21)20(29)25-18-8-17-13(9-22-18)4-5-16(24-17)19-27-26-12(3)30-19/h4-5,8-9,11,14-15,23H,6-7,10H2,1-3H3,(H,22,25,29)/t14-,15+/m1/s1. The average Bonchev–Trinajstić information content (AvgIpc) is 3.15. The number of hydrogen-bond donors (Lipinski definition) is 2. The van der Waals surface area contributed by atoms with E-state index < -0.39 is 6.17 Å². The lowest BCUT2D eigenvalue weighted by Gasteiger charge is -2.35. The molecule has 0 aromatic carbocycles. The maximum Gasteiger partial charge on any atom is 0.323 e. The first-order valence-electron chi connectivity index (χ1n) is 9.92. The van der Waals surface area contributed by atoms with Crippen molar-refractivity contribution in [3.8, 4) is 10.7 Å². The van der Waals surface area contributed by atoms with Gasteiger partial charge in [-0.2, -0.15) is 0 Å². The Balaban J connectivity index is 1.46. The van der Waals surface area contributed by atoms with Crippen molar-refractivity contribution in [1.82, 2.24) is 30.4 Å². The SMILES string of the molecule is Cc1nnc(-c2ccc3cnc(NC(=O)N4CC[C@H](NC(C)C)[C@H](F)C4)cc3n2)s1. The van der Waals surface area contributed by atoms with Gasteiger partial charge in [0.05, 0.1) is 12.1 Å². The maximum absolute atomic E-state index is 14.5. The fraction of sp³-hybridized carbons (Fsp3) is 0.450. The van der Waals surface area contributed by atoms with E-state index >= 15 is 0 Å². The highest BCUT2D eigenvalue weighted by Gasteiger charge is 2.31. The third-order valence-electron chi connectivity index (χ3n) is 4.93. The molecular weight excluding hydrogens is 405 g/mol. The van der Waals surface area contributed by atoms with Gasteiger partial charge in [-0.05, 0) is 25.5 Å². The lowest BCUT2D eigenvalue weighted by atomic mass is 10.0. The number of nitrogens with zero attached hydrogens (tertiary/aromatic N) is 5. The molecule has 0 saturated carbocycles. The summed E-state index contributed by atoms with van der Waals surface area (Å²) in [5.74, 6) is 0.378. The van der Waals surface area contributed by atoms with Gasteiger partial charge in [0, 0.05) is 36.3 Å². The predicted molar refractivity (Wildman–Crippen MR) is 115 cm³/mol. The van der Waals surface area contributed by atoms with Gasteiger partial charge >= 0.3 is 6.03 Å². The molecule has 3 aromatic heterocycles. The van der Waals surface area contributed by atoms with Crippen LogP contribution in [0.3, 0.4) is 0 Å². The minimum absolute atomic E-state index is 0.0581. The normalized spacial score (nSPS) is 19.4. The first kappa shape index (κ1) is 20.5. The summed E-state index contributed by atoms with van der Waals surface area (Å²) in [6, 6.07) is 5.12. The Morgan fingerprint density at radius 2 is 2.17 bits per heavy atom. The molecule has 8 nitrogen and oxygen atoms in total. The first-order valence-corrected chi connectivity index (χ1v) is 10.7. The van der Waals surface area contributed by atoms with E-state index in [1.807, 2.05) is 32.9 Å². The molecule has 3 aromatic rings. The number of urea groups is 1. The Hall–Kier alpha value is -2.72. The van der Waals surface area contributed by atoms with Gasteiger partial charge in [-0.3, -0.25) is 5.32 Å². The van der Waals surface area contributed by atoms with Crippen LogP contribution in [0.5, 0.6) is 0 Å². The number of rotatable bonds is 4. The van der Waals surface area contributed by atoms with E-state index in [9.17, 15) is 9.18 Å². The number of aryl methyl sites for hydroxylation is 1. The van der Waals surface area contributed by atoms with Crippen LogP contribution in [0.15, 0.2) is 24.4 Å². The van der Waals surface area contributed by atoms with Crippen molar-refractivity contribution in [1.29, 1.82) is 0 Å². The van der Waals surface area contributed by atoms with Crippen LogP contribution in [-0.4, -0.2) is 62.4 Å². The highest BCUT2D eigenvalue weighted by molar-refractivity contribution is 7.14. The van der Waals surface area contributed by atoms with Crippen LogP contribution >= 0.6 is 11.3 Å². The average molecular weight is 430 g/mol. The summed E-state index contributed by atoms with van der Waals surface area (Å²) in [7, 11) is 0. The molecule has 0 aliphatic carbocycles. The Labute approximate surface area is 177 Å². The number of halogens is 1. The lowest BCUT2D eigenvalue weighted by molar-refractivity contribution is 0.119. The number of nitrogens with one attached hydrogen (secondary N) is 2. The summed E-state index contributed by atoms with van der Waals surface area (Å²) in [5, 5.41) is 16.6. The van der Waals surface area contributed by atoms with Crippen LogP contribution in [-0.2, 0) is 0 Å². The molecule has 158 valence electrons. The Kier molecular flexibility index (Phi) is 5.87. The zero-order valence-corrected chi connectivity index (χ0v) is 17.9. The monoisotopic (exact) mass is 429 g/mol. The largest absolute Gasteiger partial charge is 0.323 e. The van der Waals surface area contributed by atoms with Gasteiger partial charge in [-0.15, -0.1) is 10.2 Å². The number of anilines is 1. The summed E-state index contributed by atoms with van der Waals surface area (Å²) in [5.41, 5.74) is 1.41. The van der Waals surface area contributed by atoms with Crippen molar-refractivity contribution < 1.29 is 9.18 Å². The number of likely N-dealkylation sites (tertiary alicyclic amines) is 1. The van der Waals surface area contributed by atoms with Crippen molar-refractivity contribution in [3.63, 3.8) is 0 Å². The Morgan fingerprint density at radius 3 is 2.87 bits per heavy atom. The number of piperidine rings is 1. The number of hydrogen-bond acceptors (Lipinski definition) is 7. The molecule has 30 heavy (non-hydrogen) atoms. The second-order valence-corrected chi connectivity index (χ2v) is 8.88. The van der Waals surface area contributed by atoms with Crippen LogP contribution in [0.4, 0.5) is 15.0 Å². The van der Waals surface area contributed by atoms with E-state index in [4.69, 9.17) is 0 Å². The predicted octanol–water partition coefficient (Wildman–Crippen LogP) is 3.40. The minimum Gasteiger partial charge on any atom is -0.321 e. The molecule has 1 fully saturated rings. The third-order valence-corrected chi connectivity index (χ3v) is 5.79. The number of pyridine rings is 2. The van der Waals surface area contributed by atoms with Crippen molar-refractivity contribution in [3.05, 3.63) is 29.4 Å². The number of aromatic nitrogens is 4. The maximum atomic E-state index is 14.5. The number of fused-ring (bicyclic) bond motifs is 1. The molecule has 2 amide bonds. The van der Waals surface area contributed by atoms with Crippen LogP contribution in [0.2, 0.25) is 0 Å². The van der Waals surface area contributed by atoms with E-state index in [-0.39, 0.29) is 24.7 Å². The van der Waals surface area contributed by atoms with Gasteiger partial charge in [0.25, 0.3) is 0 Å². The summed E-state index contributed by atoms with van der Waals surface area (Å²) in [4.78, 5) is 23.0. The molecule has 0 spiro atoms. The summed E-state index contributed by atoms with van der Waals surface area (Å²) < 4.78 is 14.5. The van der Waals surface area contributed by atoms with Crippen molar-refractivity contribution in [2.24, 2.45) is 0 Å². The van der Waals surface area contributed by atoms with E-state index in [1.165, 1.54) is 16.2 Å². The number of amides is 2. The molecule has 1 saturated heterocycles. The van der Waals surface area contributed by atoms with Crippen LogP contribution in [0.25, 0.3) is 21.6 Å². The van der Waals surface area contributed by atoms with Gasteiger partial charge in [0.15, 0.2) is 5.01 Å². The molecule has 0 unspecified atom stereocenters. The summed E-state index contributed by atoms with van der Waals surface area (Å²) in [6.07, 6.45) is 1.13. The molecule has 0 bridgehead atoms. The second-order valence-electron chi connectivity index (χ2n) is 7.69. The molecule has 1 aliphatic rings. The number of carbonyl (C=O) groups excluding carboxylic acids is 1. The molecule has 4 heterocycles. The van der Waals surface area contributed by atoms with E-state index in [0.29, 0.717) is 24.3 Å². The van der Waals surface area contributed by atoms with Crippen LogP contribution < -0.4 is 10.6 Å². The Bertz CT molecular complexity index is 1060. The molecule has 0 radical (unpaired) electrons. The third kappa shape index (κ3) is 4.54. The lowest BCUT2D eigenvalue weighted by Crippen LogP contribution is -2.54. The smallest absolute Gasteiger partial charge is 0.321 e. The van der Waals surface area contributed by atoms with Gasteiger partial charge in [0.1, 0.15) is 22.7 Å². The van der Waals surface area contributed by atoms with E-state index in [1.54, 1.807) is 12.3 Å². The van der Waals surface area contributed by atoms with E-state index in [2.05, 4.69) is 30.8 Å². The van der Waals surface area contributed by atoms with Gasteiger partial charge < -0.3 is 10.2 Å². The minimum atomic E-state index is -1.10. The molecule has 2 N–H and O–H groups in total. The van der Waals surface area contributed by atoms with E-state index in [0.717, 1.165) is 21.1 Å². The van der Waals surface area contributed by atoms with Crippen molar-refractivity contribution in [2.75, 3.05) is 18.4 Å². The summed E-state index contributed by atoms with van der Waals surface area (Å²) >= 11 is 1.47. The fourth-order valence-electron chi connectivity index (χ4n) is 3.50. The topological polar surface area (TPSA) is 95.9 Å². The highest BCUT2D eigenvalue weighted by atomic mass is 32.1. The Morgan fingerprint density at radius 1 is 1.33 bits per heavy atom. The fourth-order valence-corrected chi connectivity index (χ4v) is 4.16. The molecular formula is C20H24FN7OS. The van der Waals surface area contributed by atoms with Crippen LogP contribution in [0, 0.1) is 6.92 Å². The highest BCUT2D eigenvalue weighted by Crippen LogP contribution is 2.24. The van der Waals surface area contributed by atoms with Crippen molar-refractivity contribution >= 4 is 34.1 Å². The van der Waals surface area contributed by atoms with Gasteiger partial charge in [-0.1, -0.05) is 25.2 Å².